The molecule has 0 radical (unpaired) electrons. The lowest BCUT2D eigenvalue weighted by Gasteiger charge is -2.19. The van der Waals surface area contributed by atoms with Gasteiger partial charge in [-0.3, -0.25) is 0 Å². The van der Waals surface area contributed by atoms with Crippen molar-refractivity contribution in [2.45, 2.75) is 46.6 Å². The summed E-state index contributed by atoms with van der Waals surface area (Å²) < 4.78 is 0. The molecule has 0 saturated heterocycles. The van der Waals surface area contributed by atoms with Crippen molar-refractivity contribution in [1.82, 2.24) is 4.98 Å². The molecule has 0 spiro atoms. The van der Waals surface area contributed by atoms with Gasteiger partial charge in [0.25, 0.3) is 0 Å². The summed E-state index contributed by atoms with van der Waals surface area (Å²) in [5.74, 6) is 0. The first-order valence-electron chi connectivity index (χ1n) is 6.74. The van der Waals surface area contributed by atoms with Crippen molar-refractivity contribution in [2.75, 3.05) is 5.32 Å². The lowest BCUT2D eigenvalue weighted by atomic mass is 10.1. The van der Waals surface area contributed by atoms with Gasteiger partial charge >= 0.3 is 0 Å². The third-order valence-electron chi connectivity index (χ3n) is 2.91. The summed E-state index contributed by atoms with van der Waals surface area (Å²) in [5, 5.41) is 4.44. The highest BCUT2D eigenvalue weighted by Crippen LogP contribution is 2.31. The number of nitrogens with zero attached hydrogens (tertiary/aromatic N) is 1. The highest BCUT2D eigenvalue weighted by atomic mass is 32.1. The van der Waals surface area contributed by atoms with Crippen LogP contribution in [0.3, 0.4) is 0 Å². The maximum absolute atomic E-state index is 4.73. The zero-order valence-electron chi connectivity index (χ0n) is 12.4. The van der Waals surface area contributed by atoms with Gasteiger partial charge in [-0.15, -0.1) is 11.3 Å². The van der Waals surface area contributed by atoms with E-state index in [0.717, 1.165) is 17.2 Å². The molecule has 0 atom stereocenters. The molecule has 0 fully saturated rings. The summed E-state index contributed by atoms with van der Waals surface area (Å²) in [4.78, 5) is 5.99. The summed E-state index contributed by atoms with van der Waals surface area (Å²) in [6, 6.07) is 8.71. The van der Waals surface area contributed by atoms with Crippen LogP contribution in [0.15, 0.2) is 24.3 Å². The van der Waals surface area contributed by atoms with E-state index in [1.54, 1.807) is 11.3 Å². The van der Waals surface area contributed by atoms with E-state index >= 15 is 0 Å². The van der Waals surface area contributed by atoms with Crippen LogP contribution >= 0.6 is 11.3 Å². The van der Waals surface area contributed by atoms with Crippen LogP contribution in [0, 0.1) is 6.92 Å². The van der Waals surface area contributed by atoms with Crippen LogP contribution in [0.1, 0.15) is 38.1 Å². The number of anilines is 1. The number of aromatic nitrogens is 1. The van der Waals surface area contributed by atoms with Gasteiger partial charge in [-0.25, -0.2) is 4.98 Å². The molecule has 0 saturated carbocycles. The van der Waals surface area contributed by atoms with Crippen LogP contribution in [-0.2, 0) is 6.42 Å². The van der Waals surface area contributed by atoms with Crippen molar-refractivity contribution in [3.05, 3.63) is 34.7 Å². The average molecular weight is 274 g/mol. The largest absolute Gasteiger partial charge is 0.357 e. The minimum absolute atomic E-state index is 0.0492. The molecule has 0 aliphatic rings. The number of benzene rings is 1. The van der Waals surface area contributed by atoms with Crippen molar-refractivity contribution in [3.63, 3.8) is 0 Å². The van der Waals surface area contributed by atoms with Crippen LogP contribution < -0.4 is 5.32 Å². The topological polar surface area (TPSA) is 24.9 Å². The van der Waals surface area contributed by atoms with Gasteiger partial charge in [0.1, 0.15) is 0 Å². The first kappa shape index (κ1) is 14.1. The molecule has 102 valence electrons. The zero-order valence-corrected chi connectivity index (χ0v) is 13.2. The van der Waals surface area contributed by atoms with Crippen LogP contribution in [-0.4, -0.2) is 10.5 Å². The van der Waals surface area contributed by atoms with E-state index in [4.69, 9.17) is 4.98 Å². The monoisotopic (exact) mass is 274 g/mol. The summed E-state index contributed by atoms with van der Waals surface area (Å²) >= 11 is 1.72. The fourth-order valence-corrected chi connectivity index (χ4v) is 2.98. The SMILES string of the molecule is CCc1ccc(-c2nc(NC(C)(C)C)sc2C)cc1. The molecule has 2 aromatic rings. The molecular weight excluding hydrogens is 252 g/mol. The van der Waals surface area contributed by atoms with Gasteiger partial charge in [-0.1, -0.05) is 31.2 Å². The molecule has 0 amide bonds. The lowest BCUT2D eigenvalue weighted by molar-refractivity contribution is 0.633. The highest BCUT2D eigenvalue weighted by Gasteiger charge is 2.15. The first-order chi connectivity index (χ1) is 8.89. The maximum Gasteiger partial charge on any atom is 0.183 e. The molecule has 1 heterocycles. The Morgan fingerprint density at radius 1 is 1.16 bits per heavy atom. The Morgan fingerprint density at radius 2 is 1.79 bits per heavy atom. The highest BCUT2D eigenvalue weighted by molar-refractivity contribution is 7.16. The van der Waals surface area contributed by atoms with E-state index in [9.17, 15) is 0 Å². The number of thiazole rings is 1. The standard InChI is InChI=1S/C16H22N2S/c1-6-12-7-9-13(10-8-12)14-11(2)19-15(17-14)18-16(3,4)5/h7-10H,6H2,1-5H3,(H,17,18). The van der Waals surface area contributed by atoms with E-state index in [2.05, 4.69) is 64.2 Å². The Balaban J connectivity index is 2.29. The summed E-state index contributed by atoms with van der Waals surface area (Å²) in [6.45, 7) is 10.8. The van der Waals surface area contributed by atoms with Crippen molar-refractivity contribution >= 4 is 16.5 Å². The molecule has 0 aliphatic carbocycles. The van der Waals surface area contributed by atoms with Gasteiger partial charge in [-0.2, -0.15) is 0 Å². The third kappa shape index (κ3) is 3.57. The Labute approximate surface area is 119 Å². The maximum atomic E-state index is 4.73. The first-order valence-corrected chi connectivity index (χ1v) is 7.55. The number of rotatable bonds is 3. The second kappa shape index (κ2) is 5.33. The van der Waals surface area contributed by atoms with E-state index in [1.807, 2.05) is 0 Å². The Morgan fingerprint density at radius 3 is 2.32 bits per heavy atom. The normalized spacial score (nSPS) is 11.6. The lowest BCUT2D eigenvalue weighted by Crippen LogP contribution is -2.25. The summed E-state index contributed by atoms with van der Waals surface area (Å²) in [6.07, 6.45) is 1.08. The van der Waals surface area contributed by atoms with Gasteiger partial charge in [0.05, 0.1) is 5.69 Å². The van der Waals surface area contributed by atoms with Gasteiger partial charge in [-0.05, 0) is 39.7 Å². The Bertz CT molecular complexity index is 547. The van der Waals surface area contributed by atoms with Crippen molar-refractivity contribution in [2.24, 2.45) is 0 Å². The fraction of sp³-hybridized carbons (Fsp3) is 0.438. The van der Waals surface area contributed by atoms with Crippen LogP contribution in [0.25, 0.3) is 11.3 Å². The smallest absolute Gasteiger partial charge is 0.183 e. The van der Waals surface area contributed by atoms with Gasteiger partial charge in [0.2, 0.25) is 0 Å². The van der Waals surface area contributed by atoms with Crippen LogP contribution in [0.4, 0.5) is 5.13 Å². The van der Waals surface area contributed by atoms with E-state index in [0.29, 0.717) is 0 Å². The van der Waals surface area contributed by atoms with Crippen molar-refractivity contribution in [3.8, 4) is 11.3 Å². The number of hydrogen-bond donors (Lipinski definition) is 1. The molecule has 1 aromatic heterocycles. The molecule has 0 bridgehead atoms. The summed E-state index contributed by atoms with van der Waals surface area (Å²) in [5.41, 5.74) is 3.71. The van der Waals surface area contributed by atoms with E-state index in [1.165, 1.54) is 16.0 Å². The summed E-state index contributed by atoms with van der Waals surface area (Å²) in [7, 11) is 0. The fourth-order valence-electron chi connectivity index (χ4n) is 1.94. The number of nitrogens with one attached hydrogen (secondary N) is 1. The molecule has 1 aromatic carbocycles. The third-order valence-corrected chi connectivity index (χ3v) is 3.80. The second-order valence-electron chi connectivity index (χ2n) is 5.85. The van der Waals surface area contributed by atoms with Crippen molar-refractivity contribution < 1.29 is 0 Å². The second-order valence-corrected chi connectivity index (χ2v) is 7.05. The quantitative estimate of drug-likeness (QED) is 0.862. The molecule has 2 nitrogen and oxygen atoms in total. The van der Waals surface area contributed by atoms with E-state index in [-0.39, 0.29) is 5.54 Å². The molecule has 0 aliphatic heterocycles. The van der Waals surface area contributed by atoms with Gasteiger partial charge < -0.3 is 5.32 Å². The minimum Gasteiger partial charge on any atom is -0.357 e. The molecule has 19 heavy (non-hydrogen) atoms. The average Bonchev–Trinajstić information content (AvgIpc) is 2.68. The molecular formula is C16H22N2S. The molecule has 2 rings (SSSR count). The molecule has 0 unspecified atom stereocenters. The predicted molar refractivity (Wildman–Crippen MR) is 85.0 cm³/mol. The van der Waals surface area contributed by atoms with Crippen molar-refractivity contribution in [1.29, 1.82) is 0 Å². The zero-order chi connectivity index (χ0) is 14.0. The molecule has 1 N–H and O–H groups in total. The predicted octanol–water partition coefficient (Wildman–Crippen LogP) is 4.89. The Kier molecular flexibility index (Phi) is 3.95. The van der Waals surface area contributed by atoms with Crippen LogP contribution in [0.2, 0.25) is 0 Å². The number of aryl methyl sites for hydroxylation is 2. The van der Waals surface area contributed by atoms with E-state index < -0.39 is 0 Å². The molecule has 3 heteroatoms. The van der Waals surface area contributed by atoms with Gasteiger partial charge in [0, 0.05) is 16.0 Å². The van der Waals surface area contributed by atoms with Crippen LogP contribution in [0.5, 0.6) is 0 Å². The number of hydrogen-bond acceptors (Lipinski definition) is 3. The van der Waals surface area contributed by atoms with Gasteiger partial charge in [0.15, 0.2) is 5.13 Å². The minimum atomic E-state index is 0.0492. The Hall–Kier alpha value is -1.35.